The van der Waals surface area contributed by atoms with E-state index in [9.17, 15) is 9.90 Å². The van der Waals surface area contributed by atoms with E-state index in [1.165, 1.54) is 0 Å². The Kier molecular flexibility index (Phi) is 7.56. The number of methoxy groups -OCH3 is 1. The van der Waals surface area contributed by atoms with Crippen LogP contribution >= 0.6 is 12.2 Å². The number of carbonyl (C=O) groups excluding carboxylic acids is 1. The van der Waals surface area contributed by atoms with Gasteiger partial charge in [-0.15, -0.1) is 0 Å². The van der Waals surface area contributed by atoms with Crippen molar-refractivity contribution in [3.05, 3.63) is 95.9 Å². The third-order valence-corrected chi connectivity index (χ3v) is 7.21. The minimum atomic E-state index is -0.485. The van der Waals surface area contributed by atoms with Crippen LogP contribution in [-0.4, -0.2) is 54.1 Å². The van der Waals surface area contributed by atoms with Gasteiger partial charge < -0.3 is 25.4 Å². The van der Waals surface area contributed by atoms with Crippen LogP contribution in [0.2, 0.25) is 0 Å². The minimum absolute atomic E-state index is 0.0368. The Labute approximate surface area is 212 Å². The summed E-state index contributed by atoms with van der Waals surface area (Å²) in [7, 11) is 1.65. The van der Waals surface area contributed by atoms with E-state index in [0.29, 0.717) is 35.6 Å². The number of allylic oxidation sites excluding steroid dienone is 3. The molecule has 4 rings (SSSR count). The molecule has 0 radical (unpaired) electrons. The number of nitrogens with zero attached hydrogens (tertiary/aromatic N) is 2. The molecule has 182 valence electrons. The summed E-state index contributed by atoms with van der Waals surface area (Å²) < 4.78 is 5.26. The molecule has 2 aliphatic rings. The van der Waals surface area contributed by atoms with Crippen LogP contribution in [0, 0.1) is 5.92 Å². The summed E-state index contributed by atoms with van der Waals surface area (Å²) in [6, 6.07) is 17.7. The first kappa shape index (κ1) is 24.5. The van der Waals surface area contributed by atoms with E-state index in [2.05, 4.69) is 11.5 Å². The summed E-state index contributed by atoms with van der Waals surface area (Å²) in [4.78, 5) is 18.7. The third kappa shape index (κ3) is 5.25. The number of ether oxygens (including phenoxy) is 1. The molecule has 0 spiro atoms. The van der Waals surface area contributed by atoms with E-state index >= 15 is 0 Å². The Morgan fingerprint density at radius 1 is 1.11 bits per heavy atom. The fraction of sp³-hybridized carbons (Fsp3) is 0.286. The van der Waals surface area contributed by atoms with Gasteiger partial charge >= 0.3 is 0 Å². The van der Waals surface area contributed by atoms with Gasteiger partial charge in [-0.05, 0) is 42.3 Å². The summed E-state index contributed by atoms with van der Waals surface area (Å²) in [6.45, 7) is 6.35. The van der Waals surface area contributed by atoms with Crippen LogP contribution in [-0.2, 0) is 4.79 Å². The van der Waals surface area contributed by atoms with Crippen LogP contribution in [0.1, 0.15) is 17.9 Å². The summed E-state index contributed by atoms with van der Waals surface area (Å²) in [5, 5.41) is 10.2. The summed E-state index contributed by atoms with van der Waals surface area (Å²) in [5.74, 6) is -0.121. The van der Waals surface area contributed by atoms with Crippen molar-refractivity contribution < 1.29 is 14.6 Å². The first-order chi connectivity index (χ1) is 16.9. The quantitative estimate of drug-likeness (QED) is 0.464. The number of thiocarbonyl (C=S) groups is 1. The molecule has 0 bridgehead atoms. The van der Waals surface area contributed by atoms with Gasteiger partial charge in [0.15, 0.2) is 0 Å². The lowest BCUT2D eigenvalue weighted by Crippen LogP contribution is -2.51. The van der Waals surface area contributed by atoms with Gasteiger partial charge in [-0.2, -0.15) is 0 Å². The van der Waals surface area contributed by atoms with Gasteiger partial charge in [-0.25, -0.2) is 0 Å². The molecule has 3 N–H and O–H groups in total. The smallest absolute Gasteiger partial charge is 0.230 e. The van der Waals surface area contributed by atoms with Crippen molar-refractivity contribution in [2.75, 3.05) is 38.2 Å². The third-order valence-electron chi connectivity index (χ3n) is 6.70. The van der Waals surface area contributed by atoms with Gasteiger partial charge in [-0.3, -0.25) is 4.79 Å². The molecule has 1 fully saturated rings. The Morgan fingerprint density at radius 2 is 1.77 bits per heavy atom. The monoisotopic (exact) mass is 489 g/mol. The Morgan fingerprint density at radius 3 is 2.37 bits per heavy atom. The lowest BCUT2D eigenvalue weighted by atomic mass is 9.79. The van der Waals surface area contributed by atoms with Crippen LogP contribution in [0.25, 0.3) is 0 Å². The van der Waals surface area contributed by atoms with Gasteiger partial charge in [0.25, 0.3) is 0 Å². The highest BCUT2D eigenvalue weighted by Gasteiger charge is 2.38. The van der Waals surface area contributed by atoms with Gasteiger partial charge in [-0.1, -0.05) is 55.2 Å². The highest BCUT2D eigenvalue weighted by atomic mass is 32.1. The zero-order chi connectivity index (χ0) is 24.9. The summed E-state index contributed by atoms with van der Waals surface area (Å²) in [6.07, 6.45) is 4.21. The second kappa shape index (κ2) is 10.8. The van der Waals surface area contributed by atoms with Crippen LogP contribution in [0.3, 0.4) is 0 Å². The number of hydrogen-bond acceptors (Lipinski definition) is 6. The lowest BCUT2D eigenvalue weighted by molar-refractivity contribution is -0.133. The average molecular weight is 490 g/mol. The molecule has 2 aromatic rings. The van der Waals surface area contributed by atoms with Crippen molar-refractivity contribution >= 4 is 28.7 Å². The summed E-state index contributed by atoms with van der Waals surface area (Å²) in [5.41, 5.74) is 8.90. The number of piperazine rings is 1. The number of aliphatic hydroxyl groups excluding tert-OH is 1. The molecule has 0 saturated carbocycles. The maximum absolute atomic E-state index is 14.0. The molecule has 6 nitrogen and oxygen atoms in total. The van der Waals surface area contributed by atoms with E-state index in [0.717, 1.165) is 30.1 Å². The molecular formula is C28H31N3O3S. The van der Waals surface area contributed by atoms with Crippen molar-refractivity contribution in [2.24, 2.45) is 11.7 Å². The van der Waals surface area contributed by atoms with Crippen molar-refractivity contribution in [3.8, 4) is 5.75 Å². The van der Waals surface area contributed by atoms with E-state index in [1.807, 2.05) is 65.6 Å². The molecule has 2 atom stereocenters. The highest BCUT2D eigenvalue weighted by Crippen LogP contribution is 2.36. The molecule has 7 heteroatoms. The van der Waals surface area contributed by atoms with Crippen molar-refractivity contribution in [1.29, 1.82) is 0 Å². The maximum Gasteiger partial charge on any atom is 0.230 e. The van der Waals surface area contributed by atoms with Gasteiger partial charge in [0.05, 0.1) is 18.6 Å². The number of anilines is 1. The second-order valence-corrected chi connectivity index (χ2v) is 9.22. The molecule has 35 heavy (non-hydrogen) atoms. The summed E-state index contributed by atoms with van der Waals surface area (Å²) >= 11 is 5.80. The lowest BCUT2D eigenvalue weighted by Gasteiger charge is -2.39. The molecule has 1 aliphatic heterocycles. The van der Waals surface area contributed by atoms with E-state index in [4.69, 9.17) is 22.7 Å². The number of nitrogens with two attached hydrogens (primary N) is 1. The second-order valence-electron chi connectivity index (χ2n) is 8.78. The van der Waals surface area contributed by atoms with E-state index in [1.54, 1.807) is 13.2 Å². The number of amides is 1. The van der Waals surface area contributed by atoms with Crippen molar-refractivity contribution in [1.82, 2.24) is 4.90 Å². The predicted molar refractivity (Wildman–Crippen MR) is 144 cm³/mol. The van der Waals surface area contributed by atoms with Crippen LogP contribution in [0.5, 0.6) is 5.75 Å². The topological polar surface area (TPSA) is 79.0 Å². The average Bonchev–Trinajstić information content (AvgIpc) is 3.02. The highest BCUT2D eigenvalue weighted by molar-refractivity contribution is 7.81. The molecule has 2 aromatic carbocycles. The minimum Gasteiger partial charge on any atom is -0.508 e. The molecule has 0 aromatic heterocycles. The van der Waals surface area contributed by atoms with Gasteiger partial charge in [0, 0.05) is 48.3 Å². The fourth-order valence-corrected chi connectivity index (χ4v) is 5.31. The Balaban J connectivity index is 1.57. The molecule has 1 saturated heterocycles. The maximum atomic E-state index is 14.0. The Bertz CT molecular complexity index is 1150. The number of rotatable bonds is 6. The fourth-order valence-electron chi connectivity index (χ4n) is 4.84. The van der Waals surface area contributed by atoms with Crippen molar-refractivity contribution in [3.63, 3.8) is 0 Å². The van der Waals surface area contributed by atoms with Crippen LogP contribution < -0.4 is 15.4 Å². The van der Waals surface area contributed by atoms with Crippen LogP contribution in [0.15, 0.2) is 90.4 Å². The van der Waals surface area contributed by atoms with Crippen molar-refractivity contribution in [2.45, 2.75) is 12.3 Å². The number of benzene rings is 2. The number of carbonyl (C=O) groups is 1. The number of hydrogen-bond donors (Lipinski definition) is 2. The largest absolute Gasteiger partial charge is 0.508 e. The SMILES string of the molecule is C=C(O)C1=C(N)C=CCC(C(C(=O)N2CCN(c3ccc(OC)cc3)CC2)c2ccccc2)C1=S. The molecule has 1 aliphatic carbocycles. The van der Waals surface area contributed by atoms with Gasteiger partial charge in [0.1, 0.15) is 11.5 Å². The predicted octanol–water partition coefficient (Wildman–Crippen LogP) is 4.36. The Hall–Kier alpha value is -3.58. The normalized spacial score (nSPS) is 19.3. The molecule has 1 heterocycles. The van der Waals surface area contributed by atoms with Crippen LogP contribution in [0.4, 0.5) is 5.69 Å². The molecule has 1 amide bonds. The zero-order valence-corrected chi connectivity index (χ0v) is 20.7. The molecular weight excluding hydrogens is 458 g/mol. The zero-order valence-electron chi connectivity index (χ0n) is 19.9. The number of aliphatic hydroxyl groups is 1. The first-order valence-corrected chi connectivity index (χ1v) is 12.1. The standard InChI is InChI=1S/C28H31N3O3S/c1-19(32)25-24(29)10-6-9-23(27(25)35)26(20-7-4-3-5-8-20)28(33)31-17-15-30(16-18-31)21-11-13-22(34-2)14-12-21/h3-8,10-14,23,26,32H,1,9,15-18,29H2,2H3. The van der Waals surface area contributed by atoms with E-state index < -0.39 is 5.92 Å². The first-order valence-electron chi connectivity index (χ1n) is 11.7. The molecule has 2 unspecified atom stereocenters. The van der Waals surface area contributed by atoms with E-state index in [-0.39, 0.29) is 17.6 Å². The van der Waals surface area contributed by atoms with Gasteiger partial charge in [0.2, 0.25) is 5.91 Å².